The Bertz CT molecular complexity index is 2650. The number of hydrogen-bond acceptors (Lipinski definition) is 1. The van der Waals surface area contributed by atoms with Crippen LogP contribution in [0.15, 0.2) is 138 Å². The van der Waals surface area contributed by atoms with Crippen molar-refractivity contribution >= 4 is 102 Å². The topological polar surface area (TPSA) is 13.1 Å². The van der Waals surface area contributed by atoms with Crippen LogP contribution in [0.2, 0.25) is 0 Å². The Morgan fingerprint density at radius 3 is 1.90 bits per heavy atom. The summed E-state index contributed by atoms with van der Waals surface area (Å²) in [5.41, 5.74) is 16.9. The molecule has 0 aliphatic carbocycles. The van der Waals surface area contributed by atoms with Gasteiger partial charge in [-0.05, 0) is 97.5 Å². The van der Waals surface area contributed by atoms with Crippen LogP contribution >= 0.6 is 0 Å². The molecule has 1 heterocycles. The van der Waals surface area contributed by atoms with E-state index in [1.165, 1.54) is 98.7 Å². The lowest BCUT2D eigenvalue weighted by Gasteiger charge is -2.20. The van der Waals surface area contributed by atoms with E-state index in [1.807, 2.05) is 6.92 Å². The normalized spacial score (nSPS) is 12.2. The van der Waals surface area contributed by atoms with Gasteiger partial charge in [0, 0.05) is 10.8 Å². The zero-order chi connectivity index (χ0) is 33.8. The van der Waals surface area contributed by atoms with Gasteiger partial charge in [-0.15, -0.1) is 0 Å². The molecule has 8 rings (SSSR count). The molecular formula is C44H36B4O. The predicted molar refractivity (Wildman–Crippen MR) is 226 cm³/mol. The lowest BCUT2D eigenvalue weighted by Crippen LogP contribution is -2.34. The second-order valence-corrected chi connectivity index (χ2v) is 13.4. The molecule has 0 fully saturated rings. The van der Waals surface area contributed by atoms with Crippen LogP contribution in [0.3, 0.4) is 0 Å². The molecule has 0 spiro atoms. The summed E-state index contributed by atoms with van der Waals surface area (Å²) in [6.07, 6.45) is 6.29. The highest BCUT2D eigenvalue weighted by atomic mass is 16.3. The van der Waals surface area contributed by atoms with E-state index in [0.29, 0.717) is 0 Å². The first-order valence-electron chi connectivity index (χ1n) is 17.2. The van der Waals surface area contributed by atoms with E-state index < -0.39 is 0 Å². The molecule has 0 radical (unpaired) electrons. The van der Waals surface area contributed by atoms with Gasteiger partial charge in [0.25, 0.3) is 0 Å². The van der Waals surface area contributed by atoms with Crippen molar-refractivity contribution in [2.45, 2.75) is 13.8 Å². The minimum Gasteiger partial charge on any atom is -0.457 e. The average Bonchev–Trinajstić information content (AvgIpc) is 3.52. The maximum absolute atomic E-state index is 6.68. The van der Waals surface area contributed by atoms with Crippen molar-refractivity contribution in [3.05, 3.63) is 139 Å². The zero-order valence-corrected chi connectivity index (χ0v) is 29.1. The van der Waals surface area contributed by atoms with Crippen molar-refractivity contribution in [3.8, 4) is 33.4 Å². The van der Waals surface area contributed by atoms with E-state index in [-0.39, 0.29) is 0 Å². The monoisotopic (exact) mass is 624 g/mol. The first-order valence-corrected chi connectivity index (χ1v) is 17.2. The molecular weight excluding hydrogens is 588 g/mol. The van der Waals surface area contributed by atoms with Crippen LogP contribution in [0.25, 0.3) is 82.4 Å². The maximum atomic E-state index is 6.68. The summed E-state index contributed by atoms with van der Waals surface area (Å²) >= 11 is 0. The van der Waals surface area contributed by atoms with E-state index in [4.69, 9.17) is 4.42 Å². The third-order valence-electron chi connectivity index (χ3n) is 10.5. The summed E-state index contributed by atoms with van der Waals surface area (Å²) in [6.45, 7) is 4.19. The lowest BCUT2D eigenvalue weighted by atomic mass is 9.69. The van der Waals surface area contributed by atoms with E-state index in [9.17, 15) is 0 Å². The van der Waals surface area contributed by atoms with Crippen LogP contribution in [-0.4, -0.2) is 31.4 Å². The fraction of sp³-hybridized carbons (Fsp3) is 0.0455. The molecule has 0 unspecified atom stereocenters. The van der Waals surface area contributed by atoms with Crippen LogP contribution in [0.5, 0.6) is 0 Å². The fourth-order valence-corrected chi connectivity index (χ4v) is 7.94. The van der Waals surface area contributed by atoms with Crippen LogP contribution in [-0.2, 0) is 0 Å². The van der Waals surface area contributed by atoms with Gasteiger partial charge in [0.1, 0.15) is 42.6 Å². The van der Waals surface area contributed by atoms with Crippen LogP contribution in [0, 0.1) is 0 Å². The molecule has 1 aromatic heterocycles. The number of fused-ring (bicyclic) bond motifs is 5. The summed E-state index contributed by atoms with van der Waals surface area (Å²) in [4.78, 5) is 0. The number of allylic oxidation sites excluding steroid dienone is 4. The van der Waals surface area contributed by atoms with Gasteiger partial charge >= 0.3 is 0 Å². The molecule has 0 saturated carbocycles. The Balaban J connectivity index is 1.30. The molecule has 49 heavy (non-hydrogen) atoms. The largest absolute Gasteiger partial charge is 0.457 e. The lowest BCUT2D eigenvalue weighted by molar-refractivity contribution is 0.671. The second-order valence-electron chi connectivity index (χ2n) is 13.4. The average molecular weight is 624 g/mol. The molecule has 7 aromatic carbocycles. The summed E-state index contributed by atoms with van der Waals surface area (Å²) in [6, 6.07) is 42.3. The summed E-state index contributed by atoms with van der Waals surface area (Å²) in [5.74, 6) is 0. The second kappa shape index (κ2) is 12.2. The van der Waals surface area contributed by atoms with Gasteiger partial charge in [-0.1, -0.05) is 138 Å². The molecule has 230 valence electrons. The number of benzene rings is 7. The fourth-order valence-electron chi connectivity index (χ4n) is 7.94. The Morgan fingerprint density at radius 1 is 0.551 bits per heavy atom. The van der Waals surface area contributed by atoms with Gasteiger partial charge in [0.15, 0.2) is 0 Å². The minimum absolute atomic E-state index is 0.937. The van der Waals surface area contributed by atoms with Gasteiger partial charge < -0.3 is 4.42 Å². The van der Waals surface area contributed by atoms with Crippen molar-refractivity contribution in [1.82, 2.24) is 0 Å². The van der Waals surface area contributed by atoms with E-state index in [1.54, 1.807) is 0 Å². The molecule has 0 amide bonds. The molecule has 8 aromatic rings. The Morgan fingerprint density at radius 2 is 1.18 bits per heavy atom. The first-order chi connectivity index (χ1) is 23.9. The third kappa shape index (κ3) is 4.99. The van der Waals surface area contributed by atoms with Crippen molar-refractivity contribution in [2.24, 2.45) is 0 Å². The minimum atomic E-state index is 0.937. The first kappa shape index (κ1) is 30.9. The SMILES string of the molecule is Bc1c(-c2ccc(-c3c4ccccc4c(-c4ccccc4)c4c(B)cccc34)cc2)c(B)c2oc3cc(/C(C)=C/C=C\C)ccc3c2c1B. The van der Waals surface area contributed by atoms with E-state index in [2.05, 4.69) is 172 Å². The van der Waals surface area contributed by atoms with Crippen LogP contribution in [0.1, 0.15) is 19.4 Å². The number of furan rings is 1. The smallest absolute Gasteiger partial charge is 0.145 e. The van der Waals surface area contributed by atoms with Crippen LogP contribution < -0.4 is 21.9 Å². The Kier molecular flexibility index (Phi) is 7.72. The maximum Gasteiger partial charge on any atom is 0.145 e. The van der Waals surface area contributed by atoms with Gasteiger partial charge in [0.2, 0.25) is 0 Å². The van der Waals surface area contributed by atoms with Crippen LogP contribution in [0.4, 0.5) is 0 Å². The van der Waals surface area contributed by atoms with Gasteiger partial charge in [0.05, 0.1) is 0 Å². The van der Waals surface area contributed by atoms with Crippen molar-refractivity contribution in [1.29, 1.82) is 0 Å². The molecule has 1 nitrogen and oxygen atoms in total. The molecule has 0 N–H and O–H groups in total. The highest BCUT2D eigenvalue weighted by molar-refractivity contribution is 6.60. The quantitative estimate of drug-likeness (QED) is 0.132. The van der Waals surface area contributed by atoms with Gasteiger partial charge in [-0.3, -0.25) is 0 Å². The Labute approximate surface area is 292 Å². The predicted octanol–water partition coefficient (Wildman–Crippen LogP) is 5.91. The molecule has 5 heteroatoms. The molecule has 0 saturated heterocycles. The van der Waals surface area contributed by atoms with E-state index >= 15 is 0 Å². The van der Waals surface area contributed by atoms with E-state index in [0.717, 1.165) is 11.2 Å². The zero-order valence-electron chi connectivity index (χ0n) is 29.1. The highest BCUT2D eigenvalue weighted by Gasteiger charge is 2.21. The van der Waals surface area contributed by atoms with Crippen molar-refractivity contribution in [3.63, 3.8) is 0 Å². The molecule has 0 aliphatic rings. The van der Waals surface area contributed by atoms with Gasteiger partial charge in [-0.2, -0.15) is 0 Å². The van der Waals surface area contributed by atoms with Crippen molar-refractivity contribution in [2.75, 3.05) is 0 Å². The Hall–Kier alpha value is -5.40. The number of rotatable bonds is 5. The summed E-state index contributed by atoms with van der Waals surface area (Å²) < 4.78 is 6.68. The highest BCUT2D eigenvalue weighted by Crippen LogP contribution is 2.43. The number of hydrogen-bond donors (Lipinski definition) is 0. The molecule has 0 atom stereocenters. The standard InChI is InChI=1S/C44H36B4O/c1-3-4-11-25(2)29-22-23-32-35(24-29)49-44-40(32)42(47)41(46)38(43(44)48)28-20-18-27(19-21-28)36-30-14-8-9-15-31(30)37(26-12-6-5-7-13-26)39-33(36)16-10-17-34(39)45/h3-24H,45-48H2,1-2H3/b4-3-,25-11+. The summed E-state index contributed by atoms with van der Waals surface area (Å²) in [7, 11) is 8.95. The summed E-state index contributed by atoms with van der Waals surface area (Å²) in [5, 5.41) is 7.55. The van der Waals surface area contributed by atoms with Crippen molar-refractivity contribution < 1.29 is 4.42 Å². The van der Waals surface area contributed by atoms with Gasteiger partial charge in [-0.25, -0.2) is 0 Å². The third-order valence-corrected chi connectivity index (χ3v) is 10.5. The molecule has 0 aliphatic heterocycles. The molecule has 0 bridgehead atoms.